The van der Waals surface area contributed by atoms with Crippen molar-refractivity contribution >= 4 is 23.8 Å². The van der Waals surface area contributed by atoms with Gasteiger partial charge in [0.2, 0.25) is 5.91 Å². The third kappa shape index (κ3) is 5.50. The van der Waals surface area contributed by atoms with Gasteiger partial charge in [0.1, 0.15) is 0 Å². The van der Waals surface area contributed by atoms with Gasteiger partial charge in [-0.05, 0) is 25.0 Å². The monoisotopic (exact) mass is 445 g/mol. The van der Waals surface area contributed by atoms with Gasteiger partial charge in [0.15, 0.2) is 0 Å². The molecule has 2 atom stereocenters. The van der Waals surface area contributed by atoms with Crippen LogP contribution in [-0.4, -0.2) is 81.1 Å². The molecule has 3 heterocycles. The second-order valence-electron chi connectivity index (χ2n) is 7.45. The van der Waals surface area contributed by atoms with Gasteiger partial charge in [0.05, 0.1) is 5.41 Å². The predicted molar refractivity (Wildman–Crippen MR) is 98.9 cm³/mol. The van der Waals surface area contributed by atoms with Crippen LogP contribution in [0.2, 0.25) is 0 Å². The van der Waals surface area contributed by atoms with Crippen molar-refractivity contribution in [3.63, 3.8) is 0 Å². The standard InChI is InChI=1S/C17H21N3O4.C2HF3O2/c1-12(21)20-10-14-9-19(15(22)13-3-6-18-7-4-13)8-2-5-17(14,11-20)16(23)24;3-2(4,5)1(6)7/h3-4,6-7,14H,2,5,8-11H2,1H3,(H,23,24);(H,6,7)/t14-,17-;/m0./s1. The number of aromatic nitrogens is 1. The van der Waals surface area contributed by atoms with E-state index in [-0.39, 0.29) is 24.3 Å². The Balaban J connectivity index is 0.000000423. The summed E-state index contributed by atoms with van der Waals surface area (Å²) in [6.45, 7) is 2.98. The van der Waals surface area contributed by atoms with Gasteiger partial charge < -0.3 is 20.0 Å². The fraction of sp³-hybridized carbons (Fsp3) is 0.526. The highest BCUT2D eigenvalue weighted by atomic mass is 19.4. The number of aliphatic carboxylic acids is 2. The van der Waals surface area contributed by atoms with Gasteiger partial charge in [0.25, 0.3) is 5.91 Å². The first-order valence-electron chi connectivity index (χ1n) is 9.37. The first kappa shape index (κ1) is 24.1. The van der Waals surface area contributed by atoms with Gasteiger partial charge in [-0.15, -0.1) is 0 Å². The number of halogens is 3. The fourth-order valence-electron chi connectivity index (χ4n) is 3.88. The van der Waals surface area contributed by atoms with Crippen LogP contribution in [-0.2, 0) is 14.4 Å². The number of carbonyl (C=O) groups excluding carboxylic acids is 2. The summed E-state index contributed by atoms with van der Waals surface area (Å²) in [6, 6.07) is 3.32. The lowest BCUT2D eigenvalue weighted by Gasteiger charge is -2.29. The average molecular weight is 445 g/mol. The molecule has 0 saturated carbocycles. The smallest absolute Gasteiger partial charge is 0.481 e. The molecule has 0 unspecified atom stereocenters. The molecule has 2 amide bonds. The number of amides is 2. The van der Waals surface area contributed by atoms with E-state index in [1.807, 2.05) is 0 Å². The van der Waals surface area contributed by atoms with Crippen molar-refractivity contribution in [2.75, 3.05) is 26.2 Å². The van der Waals surface area contributed by atoms with E-state index >= 15 is 0 Å². The Hall–Kier alpha value is -3.18. The van der Waals surface area contributed by atoms with Crippen LogP contribution in [0.15, 0.2) is 24.5 Å². The van der Waals surface area contributed by atoms with Crippen molar-refractivity contribution < 1.29 is 42.6 Å². The van der Waals surface area contributed by atoms with E-state index in [1.165, 1.54) is 6.92 Å². The van der Waals surface area contributed by atoms with Crippen molar-refractivity contribution in [3.05, 3.63) is 30.1 Å². The Labute approximate surface area is 175 Å². The van der Waals surface area contributed by atoms with E-state index in [4.69, 9.17) is 9.90 Å². The highest BCUT2D eigenvalue weighted by Crippen LogP contribution is 2.43. The Kier molecular flexibility index (Phi) is 7.24. The van der Waals surface area contributed by atoms with E-state index in [2.05, 4.69) is 4.98 Å². The number of carboxylic acids is 2. The molecule has 12 heteroatoms. The minimum Gasteiger partial charge on any atom is -0.481 e. The number of rotatable bonds is 2. The lowest BCUT2D eigenvalue weighted by atomic mass is 9.75. The SMILES string of the molecule is CC(=O)N1C[C@@H]2CN(C(=O)c3ccncc3)CCC[C@]2(C(=O)O)C1.O=C(O)C(F)(F)F. The van der Waals surface area contributed by atoms with Gasteiger partial charge in [-0.1, -0.05) is 0 Å². The van der Waals surface area contributed by atoms with Crippen molar-refractivity contribution in [3.8, 4) is 0 Å². The van der Waals surface area contributed by atoms with Gasteiger partial charge in [-0.2, -0.15) is 13.2 Å². The predicted octanol–water partition coefficient (Wildman–Crippen LogP) is 1.50. The lowest BCUT2D eigenvalue weighted by molar-refractivity contribution is -0.192. The fourth-order valence-corrected chi connectivity index (χ4v) is 3.88. The van der Waals surface area contributed by atoms with Crippen LogP contribution in [0.3, 0.4) is 0 Å². The molecular weight excluding hydrogens is 423 g/mol. The maximum Gasteiger partial charge on any atom is 0.490 e. The summed E-state index contributed by atoms with van der Waals surface area (Å²) in [7, 11) is 0. The maximum atomic E-state index is 12.7. The molecule has 0 aromatic carbocycles. The number of nitrogens with zero attached hydrogens (tertiary/aromatic N) is 3. The molecule has 3 rings (SSSR count). The summed E-state index contributed by atoms with van der Waals surface area (Å²) in [5.74, 6) is -4.09. The van der Waals surface area contributed by atoms with Crippen LogP contribution in [0.5, 0.6) is 0 Å². The molecule has 2 aliphatic rings. The molecule has 1 aromatic heterocycles. The second-order valence-corrected chi connectivity index (χ2v) is 7.45. The van der Waals surface area contributed by atoms with E-state index in [1.54, 1.807) is 34.3 Å². The minimum atomic E-state index is -5.08. The molecule has 2 saturated heterocycles. The molecule has 0 bridgehead atoms. The number of carbonyl (C=O) groups is 4. The number of carboxylic acid groups (broad SMARTS) is 2. The zero-order chi connectivity index (χ0) is 23.4. The Bertz CT molecular complexity index is 848. The Morgan fingerprint density at radius 3 is 2.13 bits per heavy atom. The van der Waals surface area contributed by atoms with Crippen LogP contribution in [0.25, 0.3) is 0 Å². The van der Waals surface area contributed by atoms with Crippen LogP contribution >= 0.6 is 0 Å². The Morgan fingerprint density at radius 1 is 1.10 bits per heavy atom. The topological polar surface area (TPSA) is 128 Å². The van der Waals surface area contributed by atoms with Crippen LogP contribution in [0, 0.1) is 11.3 Å². The largest absolute Gasteiger partial charge is 0.490 e. The number of hydrogen-bond acceptors (Lipinski definition) is 5. The maximum absolute atomic E-state index is 12.7. The Morgan fingerprint density at radius 2 is 1.65 bits per heavy atom. The van der Waals surface area contributed by atoms with E-state index in [0.717, 1.165) is 0 Å². The minimum absolute atomic E-state index is 0.111. The number of likely N-dealkylation sites (tertiary alicyclic amines) is 2. The first-order chi connectivity index (χ1) is 14.4. The molecule has 0 radical (unpaired) electrons. The molecule has 1 aromatic rings. The molecule has 2 aliphatic heterocycles. The molecule has 9 nitrogen and oxygen atoms in total. The number of hydrogen-bond donors (Lipinski definition) is 2. The van der Waals surface area contributed by atoms with E-state index in [9.17, 15) is 32.7 Å². The second kappa shape index (κ2) is 9.31. The zero-order valence-electron chi connectivity index (χ0n) is 16.6. The quantitative estimate of drug-likeness (QED) is 0.706. The molecular formula is C19H22F3N3O6. The number of fused-ring (bicyclic) bond motifs is 1. The summed E-state index contributed by atoms with van der Waals surface area (Å²) in [6.07, 6.45) is -0.846. The van der Waals surface area contributed by atoms with E-state index in [0.29, 0.717) is 38.0 Å². The van der Waals surface area contributed by atoms with E-state index < -0.39 is 23.5 Å². The molecule has 0 aliphatic carbocycles. The summed E-state index contributed by atoms with van der Waals surface area (Å²) in [4.78, 5) is 52.5. The van der Waals surface area contributed by atoms with Gasteiger partial charge in [0, 0.05) is 57.0 Å². The summed E-state index contributed by atoms with van der Waals surface area (Å²) < 4.78 is 31.7. The van der Waals surface area contributed by atoms with Crippen molar-refractivity contribution in [1.82, 2.24) is 14.8 Å². The van der Waals surface area contributed by atoms with Gasteiger partial charge in [-0.25, -0.2) is 4.79 Å². The lowest BCUT2D eigenvalue weighted by Crippen LogP contribution is -2.42. The van der Waals surface area contributed by atoms with Gasteiger partial charge in [-0.3, -0.25) is 19.4 Å². The third-order valence-corrected chi connectivity index (χ3v) is 5.52. The highest BCUT2D eigenvalue weighted by molar-refractivity contribution is 5.94. The van der Waals surface area contributed by atoms with Crippen molar-refractivity contribution in [1.29, 1.82) is 0 Å². The van der Waals surface area contributed by atoms with Crippen LogP contribution < -0.4 is 0 Å². The first-order valence-corrected chi connectivity index (χ1v) is 9.37. The molecule has 2 N–H and O–H groups in total. The molecule has 0 spiro atoms. The molecule has 2 fully saturated rings. The van der Waals surface area contributed by atoms with Gasteiger partial charge >= 0.3 is 18.1 Å². The van der Waals surface area contributed by atoms with Crippen LogP contribution in [0.4, 0.5) is 13.2 Å². The van der Waals surface area contributed by atoms with Crippen molar-refractivity contribution in [2.24, 2.45) is 11.3 Å². The summed E-state index contributed by atoms with van der Waals surface area (Å²) >= 11 is 0. The molecule has 31 heavy (non-hydrogen) atoms. The zero-order valence-corrected chi connectivity index (χ0v) is 16.6. The highest BCUT2D eigenvalue weighted by Gasteiger charge is 2.54. The number of alkyl halides is 3. The van der Waals surface area contributed by atoms with Crippen LogP contribution in [0.1, 0.15) is 30.1 Å². The molecule has 170 valence electrons. The third-order valence-electron chi connectivity index (χ3n) is 5.52. The average Bonchev–Trinajstić information content (AvgIpc) is 2.97. The normalized spacial score (nSPS) is 23.2. The summed E-state index contributed by atoms with van der Waals surface area (Å²) in [5.41, 5.74) is -0.395. The van der Waals surface area contributed by atoms with Crippen molar-refractivity contribution in [2.45, 2.75) is 25.9 Å². The number of pyridine rings is 1. The summed E-state index contributed by atoms with van der Waals surface area (Å²) in [5, 5.41) is 16.9.